The highest BCUT2D eigenvalue weighted by Crippen LogP contribution is 2.17. The van der Waals surface area contributed by atoms with Gasteiger partial charge in [0.15, 0.2) is 0 Å². The number of nitrogens with zero attached hydrogens (tertiary/aromatic N) is 2. The summed E-state index contributed by atoms with van der Waals surface area (Å²) in [4.78, 5) is 4.47. The van der Waals surface area contributed by atoms with Crippen molar-refractivity contribution in [3.63, 3.8) is 0 Å². The smallest absolute Gasteiger partial charge is 0.147 e. The molecule has 1 unspecified atom stereocenters. The number of benzene rings is 1. The van der Waals surface area contributed by atoms with Crippen LogP contribution in [0.1, 0.15) is 34.4 Å². The molecule has 1 aromatic carbocycles. The molecule has 0 saturated heterocycles. The van der Waals surface area contributed by atoms with Crippen molar-refractivity contribution < 1.29 is 0 Å². The van der Waals surface area contributed by atoms with Crippen molar-refractivity contribution in [1.82, 2.24) is 9.36 Å². The summed E-state index contributed by atoms with van der Waals surface area (Å²) in [5.74, 6) is 0.839. The van der Waals surface area contributed by atoms with Crippen LogP contribution in [0.4, 0.5) is 0 Å². The molecule has 0 saturated carbocycles. The van der Waals surface area contributed by atoms with Gasteiger partial charge in [0.05, 0.1) is 6.04 Å². The van der Waals surface area contributed by atoms with Crippen molar-refractivity contribution in [1.29, 1.82) is 0 Å². The summed E-state index contributed by atoms with van der Waals surface area (Å²) in [6, 6.07) is 8.33. The molecule has 18 heavy (non-hydrogen) atoms. The number of nitrogens with two attached hydrogens (primary N) is 2. The maximum absolute atomic E-state index is 5.96. The molecule has 2 rings (SSSR count). The second kappa shape index (κ2) is 6.04. The second-order valence-corrected chi connectivity index (χ2v) is 5.18. The van der Waals surface area contributed by atoms with Crippen molar-refractivity contribution in [2.75, 3.05) is 6.54 Å². The number of rotatable bonds is 5. The normalized spacial score (nSPS) is 12.6. The van der Waals surface area contributed by atoms with E-state index in [4.69, 9.17) is 11.5 Å². The number of aromatic nitrogens is 2. The molecule has 0 radical (unpaired) electrons. The molecule has 96 valence electrons. The minimum absolute atomic E-state index is 0.0840. The lowest BCUT2D eigenvalue weighted by molar-refractivity contribution is 0.654. The van der Waals surface area contributed by atoms with Gasteiger partial charge in [-0.15, -0.1) is 0 Å². The summed E-state index contributed by atoms with van der Waals surface area (Å²) in [6.45, 7) is 2.66. The van der Waals surface area contributed by atoms with E-state index < -0.39 is 0 Å². The topological polar surface area (TPSA) is 77.8 Å². The fourth-order valence-corrected chi connectivity index (χ4v) is 2.39. The standard InChI is InChI=1S/C13H18N4S/c1-9-2-4-10(5-3-9)8-12-16-13(18-17-12)11(15)6-7-14/h2-5,11H,6-8,14-15H2,1H3. The Morgan fingerprint density at radius 1 is 1.28 bits per heavy atom. The summed E-state index contributed by atoms with van der Waals surface area (Å²) in [7, 11) is 0. The Labute approximate surface area is 111 Å². The van der Waals surface area contributed by atoms with Crippen LogP contribution in [-0.4, -0.2) is 15.9 Å². The summed E-state index contributed by atoms with van der Waals surface area (Å²) in [5.41, 5.74) is 13.9. The SMILES string of the molecule is Cc1ccc(Cc2nsc(C(N)CCN)n2)cc1. The van der Waals surface area contributed by atoms with Gasteiger partial charge in [0.25, 0.3) is 0 Å². The van der Waals surface area contributed by atoms with Gasteiger partial charge < -0.3 is 11.5 Å². The predicted octanol–water partition coefficient (Wildman–Crippen LogP) is 1.79. The maximum Gasteiger partial charge on any atom is 0.147 e. The van der Waals surface area contributed by atoms with Gasteiger partial charge in [0, 0.05) is 6.42 Å². The third-order valence-electron chi connectivity index (χ3n) is 2.76. The molecule has 4 N–H and O–H groups in total. The molecule has 0 aliphatic rings. The van der Waals surface area contributed by atoms with Gasteiger partial charge in [-0.1, -0.05) is 29.8 Å². The van der Waals surface area contributed by atoms with Gasteiger partial charge >= 0.3 is 0 Å². The third kappa shape index (κ3) is 3.35. The summed E-state index contributed by atoms with van der Waals surface area (Å²) < 4.78 is 4.35. The van der Waals surface area contributed by atoms with Gasteiger partial charge in [-0.25, -0.2) is 4.98 Å². The lowest BCUT2D eigenvalue weighted by atomic mass is 10.1. The molecule has 0 bridgehead atoms. The number of hydrogen-bond acceptors (Lipinski definition) is 5. The van der Waals surface area contributed by atoms with Crippen molar-refractivity contribution in [3.05, 3.63) is 46.2 Å². The molecule has 1 aromatic heterocycles. The van der Waals surface area contributed by atoms with Crippen LogP contribution < -0.4 is 11.5 Å². The average molecular weight is 262 g/mol. The average Bonchev–Trinajstić information content (AvgIpc) is 2.81. The molecule has 0 aliphatic heterocycles. The Kier molecular flexibility index (Phi) is 4.41. The maximum atomic E-state index is 5.96. The van der Waals surface area contributed by atoms with Gasteiger partial charge in [-0.3, -0.25) is 0 Å². The number of hydrogen-bond donors (Lipinski definition) is 2. The minimum Gasteiger partial charge on any atom is -0.330 e. The molecule has 1 heterocycles. The lowest BCUT2D eigenvalue weighted by Crippen LogP contribution is -2.15. The zero-order chi connectivity index (χ0) is 13.0. The molecule has 0 aliphatic carbocycles. The van der Waals surface area contributed by atoms with E-state index in [1.54, 1.807) is 0 Å². The zero-order valence-corrected chi connectivity index (χ0v) is 11.3. The first-order chi connectivity index (χ1) is 8.69. The van der Waals surface area contributed by atoms with E-state index in [-0.39, 0.29) is 6.04 Å². The summed E-state index contributed by atoms with van der Waals surface area (Å²) in [5, 5.41) is 0.877. The van der Waals surface area contributed by atoms with Crippen molar-refractivity contribution in [3.8, 4) is 0 Å². The highest BCUT2D eigenvalue weighted by Gasteiger charge is 2.11. The molecule has 2 aromatic rings. The van der Waals surface area contributed by atoms with Gasteiger partial charge in [-0.2, -0.15) is 4.37 Å². The Hall–Kier alpha value is -1.30. The Balaban J connectivity index is 2.04. The quantitative estimate of drug-likeness (QED) is 0.861. The highest BCUT2D eigenvalue weighted by molar-refractivity contribution is 7.05. The van der Waals surface area contributed by atoms with Crippen LogP contribution in [0, 0.1) is 6.92 Å². The molecule has 0 spiro atoms. The first-order valence-corrected chi connectivity index (χ1v) is 6.80. The monoisotopic (exact) mass is 262 g/mol. The van der Waals surface area contributed by atoms with Crippen LogP contribution >= 0.6 is 11.5 Å². The first-order valence-electron chi connectivity index (χ1n) is 6.02. The van der Waals surface area contributed by atoms with Crippen LogP contribution in [-0.2, 0) is 6.42 Å². The van der Waals surface area contributed by atoms with E-state index in [1.807, 2.05) is 0 Å². The van der Waals surface area contributed by atoms with Gasteiger partial charge in [-0.05, 0) is 37.0 Å². The zero-order valence-electron chi connectivity index (χ0n) is 10.5. The molecule has 4 nitrogen and oxygen atoms in total. The molecule has 0 amide bonds. The lowest BCUT2D eigenvalue weighted by Gasteiger charge is -2.04. The van der Waals surface area contributed by atoms with Gasteiger partial charge in [0.1, 0.15) is 10.8 Å². The van der Waals surface area contributed by atoms with E-state index in [9.17, 15) is 0 Å². The molecule has 0 fully saturated rings. The van der Waals surface area contributed by atoms with E-state index >= 15 is 0 Å². The minimum atomic E-state index is -0.0840. The molecule has 5 heteroatoms. The highest BCUT2D eigenvalue weighted by atomic mass is 32.1. The van der Waals surface area contributed by atoms with Crippen LogP contribution in [0.25, 0.3) is 0 Å². The van der Waals surface area contributed by atoms with Crippen LogP contribution in [0.15, 0.2) is 24.3 Å². The van der Waals surface area contributed by atoms with E-state index in [2.05, 4.69) is 40.5 Å². The molecule has 1 atom stereocenters. The van der Waals surface area contributed by atoms with Crippen molar-refractivity contribution in [2.45, 2.75) is 25.8 Å². The number of aryl methyl sites for hydroxylation is 1. The second-order valence-electron chi connectivity index (χ2n) is 4.40. The van der Waals surface area contributed by atoms with Crippen LogP contribution in [0.2, 0.25) is 0 Å². The van der Waals surface area contributed by atoms with E-state index in [1.165, 1.54) is 22.7 Å². The Bertz CT molecular complexity index is 492. The van der Waals surface area contributed by atoms with Gasteiger partial charge in [0.2, 0.25) is 0 Å². The largest absolute Gasteiger partial charge is 0.330 e. The summed E-state index contributed by atoms with van der Waals surface area (Å²) >= 11 is 1.38. The van der Waals surface area contributed by atoms with Crippen LogP contribution in [0.3, 0.4) is 0 Å². The summed E-state index contributed by atoms with van der Waals surface area (Å²) in [6.07, 6.45) is 1.51. The third-order valence-corrected chi connectivity index (χ3v) is 3.64. The fourth-order valence-electron chi connectivity index (χ4n) is 1.68. The fraction of sp³-hybridized carbons (Fsp3) is 0.385. The predicted molar refractivity (Wildman–Crippen MR) is 74.5 cm³/mol. The molecular formula is C13H18N4S. The van der Waals surface area contributed by atoms with Crippen molar-refractivity contribution in [2.24, 2.45) is 11.5 Å². The van der Waals surface area contributed by atoms with Crippen molar-refractivity contribution >= 4 is 11.5 Å². The van der Waals surface area contributed by atoms with Crippen LogP contribution in [0.5, 0.6) is 0 Å². The van der Waals surface area contributed by atoms with E-state index in [0.717, 1.165) is 23.7 Å². The first kappa shape index (κ1) is 13.1. The Morgan fingerprint density at radius 3 is 2.67 bits per heavy atom. The Morgan fingerprint density at radius 2 is 2.00 bits per heavy atom. The van der Waals surface area contributed by atoms with E-state index in [0.29, 0.717) is 6.54 Å². The molecular weight excluding hydrogens is 244 g/mol.